The highest BCUT2D eigenvalue weighted by molar-refractivity contribution is 5.76. The molecular weight excluding hydrogens is 300 g/mol. The van der Waals surface area contributed by atoms with E-state index < -0.39 is 0 Å². The Balaban J connectivity index is 1.74. The van der Waals surface area contributed by atoms with E-state index >= 15 is 0 Å². The van der Waals surface area contributed by atoms with Gasteiger partial charge in [-0.15, -0.1) is 0 Å². The van der Waals surface area contributed by atoms with E-state index in [2.05, 4.69) is 25.2 Å². The normalized spacial score (nSPS) is 12.0. The van der Waals surface area contributed by atoms with Crippen molar-refractivity contribution >= 4 is 5.91 Å². The Bertz CT molecular complexity index is 641. The van der Waals surface area contributed by atoms with Crippen LogP contribution in [0.4, 0.5) is 0 Å². The molecule has 4 heteroatoms. The quantitative estimate of drug-likeness (QED) is 0.731. The molecule has 0 fully saturated rings. The lowest BCUT2D eigenvalue weighted by atomic mass is 10.0. The predicted molar refractivity (Wildman–Crippen MR) is 97.0 cm³/mol. The fraction of sp³-hybridized carbons (Fsp3) is 0.350. The van der Waals surface area contributed by atoms with Crippen LogP contribution in [0.5, 0.6) is 5.75 Å². The fourth-order valence-corrected chi connectivity index (χ4v) is 2.53. The minimum Gasteiger partial charge on any atom is -0.491 e. The van der Waals surface area contributed by atoms with Crippen molar-refractivity contribution in [3.05, 3.63) is 65.7 Å². The molecule has 1 atom stereocenters. The molecule has 3 N–H and O–H groups in total. The van der Waals surface area contributed by atoms with Crippen LogP contribution in [0.2, 0.25) is 0 Å². The maximum atomic E-state index is 12.0. The lowest BCUT2D eigenvalue weighted by Gasteiger charge is -2.15. The first kappa shape index (κ1) is 18.0. The molecule has 24 heavy (non-hydrogen) atoms. The average Bonchev–Trinajstić information content (AvgIpc) is 2.59. The number of carbonyl (C=O) groups excluding carboxylic acids is 1. The van der Waals surface area contributed by atoms with Crippen molar-refractivity contribution in [3.8, 4) is 5.75 Å². The Morgan fingerprint density at radius 3 is 2.46 bits per heavy atom. The van der Waals surface area contributed by atoms with E-state index in [9.17, 15) is 4.79 Å². The molecule has 0 heterocycles. The summed E-state index contributed by atoms with van der Waals surface area (Å²) in [5.74, 6) is 1.22. The molecule has 1 amide bonds. The Morgan fingerprint density at radius 2 is 1.75 bits per heavy atom. The number of hydrogen-bond acceptors (Lipinski definition) is 3. The number of rotatable bonds is 8. The first-order chi connectivity index (χ1) is 11.6. The predicted octanol–water partition coefficient (Wildman–Crippen LogP) is 3.40. The molecule has 2 aromatic carbocycles. The Morgan fingerprint density at radius 1 is 1.08 bits per heavy atom. The summed E-state index contributed by atoms with van der Waals surface area (Å²) < 4.78 is 5.79. The summed E-state index contributed by atoms with van der Waals surface area (Å²) in [6, 6.07) is 17.4. The number of nitrogens with two attached hydrogens (primary N) is 1. The van der Waals surface area contributed by atoms with Gasteiger partial charge in [-0.05, 0) is 23.1 Å². The third-order valence-electron chi connectivity index (χ3n) is 3.86. The molecular formula is C20H26N2O2. The molecule has 0 aliphatic rings. The van der Waals surface area contributed by atoms with Crippen LogP contribution in [-0.4, -0.2) is 19.1 Å². The van der Waals surface area contributed by atoms with Crippen molar-refractivity contribution in [3.63, 3.8) is 0 Å². The highest BCUT2D eigenvalue weighted by atomic mass is 16.5. The smallest absolute Gasteiger partial charge is 0.222 e. The minimum absolute atomic E-state index is 0.0629. The average molecular weight is 326 g/mol. The molecule has 0 saturated carbocycles. The van der Waals surface area contributed by atoms with Gasteiger partial charge in [-0.1, -0.05) is 62.4 Å². The van der Waals surface area contributed by atoms with E-state index in [0.29, 0.717) is 19.1 Å². The summed E-state index contributed by atoms with van der Waals surface area (Å²) in [5.41, 5.74) is 8.20. The number of ether oxygens (including phenoxy) is 1. The van der Waals surface area contributed by atoms with E-state index in [-0.39, 0.29) is 18.4 Å². The molecule has 1 unspecified atom stereocenters. The van der Waals surface area contributed by atoms with Gasteiger partial charge in [0.2, 0.25) is 5.91 Å². The third-order valence-corrected chi connectivity index (χ3v) is 3.86. The number of amides is 1. The molecule has 0 aromatic heterocycles. The first-order valence-electron chi connectivity index (χ1n) is 8.37. The molecule has 2 aromatic rings. The second-order valence-electron chi connectivity index (χ2n) is 6.11. The van der Waals surface area contributed by atoms with Crippen LogP contribution in [0.25, 0.3) is 0 Å². The van der Waals surface area contributed by atoms with Crippen LogP contribution in [0.3, 0.4) is 0 Å². The van der Waals surface area contributed by atoms with Crippen LogP contribution >= 0.6 is 0 Å². The molecule has 4 nitrogen and oxygen atoms in total. The SMILES string of the molecule is CC(C)c1ccccc1OCCNC(=O)CC(N)c1ccccc1. The van der Waals surface area contributed by atoms with Crippen LogP contribution in [0.15, 0.2) is 54.6 Å². The van der Waals surface area contributed by atoms with E-state index in [1.807, 2.05) is 48.5 Å². The summed E-state index contributed by atoms with van der Waals surface area (Å²) in [7, 11) is 0. The van der Waals surface area contributed by atoms with Crippen molar-refractivity contribution in [2.24, 2.45) is 5.73 Å². The van der Waals surface area contributed by atoms with Gasteiger partial charge in [-0.3, -0.25) is 4.79 Å². The molecule has 0 radical (unpaired) electrons. The van der Waals surface area contributed by atoms with Gasteiger partial charge in [0.1, 0.15) is 12.4 Å². The second-order valence-corrected chi connectivity index (χ2v) is 6.11. The van der Waals surface area contributed by atoms with E-state index in [1.54, 1.807) is 0 Å². The zero-order valence-electron chi connectivity index (χ0n) is 14.4. The standard InChI is InChI=1S/C20H26N2O2/c1-15(2)17-10-6-7-11-19(17)24-13-12-22-20(23)14-18(21)16-8-4-3-5-9-16/h3-11,15,18H,12-14,21H2,1-2H3,(H,22,23). The molecule has 0 aliphatic carbocycles. The van der Waals surface area contributed by atoms with Crippen molar-refractivity contribution in [2.75, 3.05) is 13.2 Å². The van der Waals surface area contributed by atoms with Crippen molar-refractivity contribution < 1.29 is 9.53 Å². The topological polar surface area (TPSA) is 64.3 Å². The molecule has 2 rings (SSSR count). The number of nitrogens with one attached hydrogen (secondary N) is 1. The summed E-state index contributed by atoms with van der Waals surface area (Å²) in [6.45, 7) is 5.17. The number of carbonyl (C=O) groups is 1. The molecule has 0 spiro atoms. The zero-order valence-corrected chi connectivity index (χ0v) is 14.4. The molecule has 0 bridgehead atoms. The highest BCUT2D eigenvalue weighted by Gasteiger charge is 2.11. The number of para-hydroxylation sites is 1. The van der Waals surface area contributed by atoms with E-state index in [0.717, 1.165) is 11.3 Å². The largest absolute Gasteiger partial charge is 0.491 e. The summed E-state index contributed by atoms with van der Waals surface area (Å²) in [4.78, 5) is 12.0. The number of hydrogen-bond donors (Lipinski definition) is 2. The number of benzene rings is 2. The monoisotopic (exact) mass is 326 g/mol. The summed E-state index contributed by atoms with van der Waals surface area (Å²) in [6.07, 6.45) is 0.270. The Labute approximate surface area is 144 Å². The van der Waals surface area contributed by atoms with Gasteiger partial charge in [0.25, 0.3) is 0 Å². The van der Waals surface area contributed by atoms with Gasteiger partial charge < -0.3 is 15.8 Å². The van der Waals surface area contributed by atoms with Gasteiger partial charge in [-0.2, -0.15) is 0 Å². The van der Waals surface area contributed by atoms with Crippen molar-refractivity contribution in [1.82, 2.24) is 5.32 Å². The van der Waals surface area contributed by atoms with Crippen LogP contribution in [0, 0.1) is 0 Å². The molecule has 128 valence electrons. The van der Waals surface area contributed by atoms with Gasteiger partial charge in [0, 0.05) is 12.5 Å². The van der Waals surface area contributed by atoms with Crippen molar-refractivity contribution in [1.29, 1.82) is 0 Å². The lowest BCUT2D eigenvalue weighted by Crippen LogP contribution is -2.30. The highest BCUT2D eigenvalue weighted by Crippen LogP contribution is 2.25. The molecule has 0 saturated heterocycles. The van der Waals surface area contributed by atoms with Gasteiger partial charge >= 0.3 is 0 Å². The lowest BCUT2D eigenvalue weighted by molar-refractivity contribution is -0.121. The Kier molecular flexibility index (Phi) is 6.82. The van der Waals surface area contributed by atoms with Crippen molar-refractivity contribution in [2.45, 2.75) is 32.2 Å². The minimum atomic E-state index is -0.284. The van der Waals surface area contributed by atoms with E-state index in [1.165, 1.54) is 5.56 Å². The third kappa shape index (κ3) is 5.39. The maximum absolute atomic E-state index is 12.0. The summed E-state index contributed by atoms with van der Waals surface area (Å²) >= 11 is 0. The Hall–Kier alpha value is -2.33. The fourth-order valence-electron chi connectivity index (χ4n) is 2.53. The molecule has 0 aliphatic heterocycles. The van der Waals surface area contributed by atoms with Gasteiger partial charge in [0.05, 0.1) is 6.54 Å². The first-order valence-corrected chi connectivity index (χ1v) is 8.37. The van der Waals surface area contributed by atoms with Gasteiger partial charge in [0.15, 0.2) is 0 Å². The summed E-state index contributed by atoms with van der Waals surface area (Å²) in [5, 5.41) is 2.86. The van der Waals surface area contributed by atoms with Gasteiger partial charge in [-0.25, -0.2) is 0 Å². The second kappa shape index (κ2) is 9.08. The van der Waals surface area contributed by atoms with Crippen LogP contribution in [-0.2, 0) is 4.79 Å². The maximum Gasteiger partial charge on any atom is 0.222 e. The van der Waals surface area contributed by atoms with Crippen LogP contribution < -0.4 is 15.8 Å². The zero-order chi connectivity index (χ0) is 17.4. The van der Waals surface area contributed by atoms with Crippen LogP contribution in [0.1, 0.15) is 43.4 Å². The van der Waals surface area contributed by atoms with E-state index in [4.69, 9.17) is 10.5 Å².